The number of rotatable bonds is 4. The van der Waals surface area contributed by atoms with Crippen LogP contribution in [-0.4, -0.2) is 18.0 Å². The van der Waals surface area contributed by atoms with E-state index in [-0.39, 0.29) is 5.92 Å². The Bertz CT molecular complexity index is 1260. The van der Waals surface area contributed by atoms with Crippen LogP contribution in [0.25, 0.3) is 20.7 Å². The van der Waals surface area contributed by atoms with Crippen LogP contribution < -0.4 is 16.2 Å². The molecule has 4 aromatic rings. The van der Waals surface area contributed by atoms with E-state index in [1.54, 1.807) is 18.4 Å². The third kappa shape index (κ3) is 2.97. The molecule has 1 aliphatic rings. The lowest BCUT2D eigenvalue weighted by Crippen LogP contribution is -2.15. The highest BCUT2D eigenvalue weighted by atomic mass is 32.1. The molecule has 1 amide bonds. The van der Waals surface area contributed by atoms with Gasteiger partial charge in [-0.2, -0.15) is 0 Å². The molecule has 0 spiro atoms. The standard InChI is InChI=1S/C23H21N3O2S2/c1-28-13-6-2-5-12(11-13)14-7-3-8-15-17(16-9-4-10-29-16)18-19(24)21(22(25)27)30-23(18)26-20(14)15/h2,4-6,9-11,14H,3,7-8,24H2,1H3,(H2,25,27). The summed E-state index contributed by atoms with van der Waals surface area (Å²) in [4.78, 5) is 19.3. The second-order valence-electron chi connectivity index (χ2n) is 7.44. The highest BCUT2D eigenvalue weighted by Crippen LogP contribution is 2.48. The number of primary amides is 1. The van der Waals surface area contributed by atoms with Crippen molar-refractivity contribution in [3.63, 3.8) is 0 Å². The average Bonchev–Trinajstić information content (AvgIpc) is 3.40. The number of amides is 1. The average molecular weight is 436 g/mol. The lowest BCUT2D eigenvalue weighted by atomic mass is 9.79. The molecule has 0 saturated heterocycles. The van der Waals surface area contributed by atoms with E-state index in [0.717, 1.165) is 51.4 Å². The number of nitrogens with zero attached hydrogens (tertiary/aromatic N) is 1. The molecule has 30 heavy (non-hydrogen) atoms. The summed E-state index contributed by atoms with van der Waals surface area (Å²) >= 11 is 2.97. The summed E-state index contributed by atoms with van der Waals surface area (Å²) in [5.74, 6) is 0.512. The molecule has 1 aromatic carbocycles. The zero-order chi connectivity index (χ0) is 20.8. The number of fused-ring (bicyclic) bond motifs is 2. The van der Waals surface area contributed by atoms with Crippen molar-refractivity contribution < 1.29 is 9.53 Å². The molecule has 3 heterocycles. The van der Waals surface area contributed by atoms with E-state index in [1.807, 2.05) is 18.2 Å². The van der Waals surface area contributed by atoms with Gasteiger partial charge in [0.2, 0.25) is 0 Å². The molecule has 0 radical (unpaired) electrons. The monoisotopic (exact) mass is 435 g/mol. The van der Waals surface area contributed by atoms with Crippen molar-refractivity contribution >= 4 is 44.5 Å². The van der Waals surface area contributed by atoms with Crippen molar-refractivity contribution in [2.45, 2.75) is 25.2 Å². The maximum absolute atomic E-state index is 12.0. The third-order valence-corrected chi connectivity index (χ3v) is 7.75. The fourth-order valence-corrected chi connectivity index (χ4v) is 6.20. The Morgan fingerprint density at radius 1 is 1.27 bits per heavy atom. The van der Waals surface area contributed by atoms with Crippen molar-refractivity contribution in [3.05, 3.63) is 63.5 Å². The molecule has 0 aliphatic heterocycles. The second-order valence-corrected chi connectivity index (χ2v) is 9.39. The van der Waals surface area contributed by atoms with E-state index in [1.165, 1.54) is 22.5 Å². The zero-order valence-electron chi connectivity index (χ0n) is 16.5. The van der Waals surface area contributed by atoms with Gasteiger partial charge in [0.25, 0.3) is 5.91 Å². The van der Waals surface area contributed by atoms with Gasteiger partial charge in [-0.05, 0) is 54.0 Å². The summed E-state index contributed by atoms with van der Waals surface area (Å²) < 4.78 is 5.45. The molecule has 1 aliphatic carbocycles. The van der Waals surface area contributed by atoms with Crippen LogP contribution in [0.5, 0.6) is 5.75 Å². The minimum absolute atomic E-state index is 0.173. The quantitative estimate of drug-likeness (QED) is 0.462. The molecule has 152 valence electrons. The molecule has 1 unspecified atom stereocenters. The van der Waals surface area contributed by atoms with Crippen molar-refractivity contribution in [3.8, 4) is 16.2 Å². The maximum Gasteiger partial charge on any atom is 0.260 e. The Kier molecular flexibility index (Phi) is 4.72. The van der Waals surface area contributed by atoms with E-state index in [4.69, 9.17) is 21.2 Å². The Morgan fingerprint density at radius 3 is 2.87 bits per heavy atom. The van der Waals surface area contributed by atoms with Crippen LogP contribution >= 0.6 is 22.7 Å². The molecule has 0 bridgehead atoms. The van der Waals surface area contributed by atoms with Gasteiger partial charge in [-0.3, -0.25) is 4.79 Å². The number of thiophene rings is 2. The van der Waals surface area contributed by atoms with Gasteiger partial charge >= 0.3 is 0 Å². The fraction of sp³-hybridized carbons (Fsp3) is 0.217. The molecular weight excluding hydrogens is 414 g/mol. The summed E-state index contributed by atoms with van der Waals surface area (Å²) in [6.45, 7) is 0. The summed E-state index contributed by atoms with van der Waals surface area (Å²) in [5, 5.41) is 2.93. The number of carbonyl (C=O) groups is 1. The molecule has 1 atom stereocenters. The highest BCUT2D eigenvalue weighted by Gasteiger charge is 2.30. The van der Waals surface area contributed by atoms with E-state index in [2.05, 4.69) is 23.6 Å². The Hall–Kier alpha value is -2.90. The summed E-state index contributed by atoms with van der Waals surface area (Å²) in [6.07, 6.45) is 3.02. The van der Waals surface area contributed by atoms with Crippen LogP contribution in [-0.2, 0) is 6.42 Å². The summed E-state index contributed by atoms with van der Waals surface area (Å²) in [5.41, 5.74) is 17.1. The smallest absolute Gasteiger partial charge is 0.260 e. The number of nitrogens with two attached hydrogens (primary N) is 2. The number of hydrogen-bond donors (Lipinski definition) is 2. The molecule has 7 heteroatoms. The topological polar surface area (TPSA) is 91.2 Å². The molecule has 0 saturated carbocycles. The minimum atomic E-state index is -0.505. The van der Waals surface area contributed by atoms with Crippen molar-refractivity contribution in [1.82, 2.24) is 4.98 Å². The van der Waals surface area contributed by atoms with Crippen LogP contribution in [0.4, 0.5) is 5.69 Å². The van der Waals surface area contributed by atoms with E-state index < -0.39 is 5.91 Å². The van der Waals surface area contributed by atoms with E-state index in [0.29, 0.717) is 10.6 Å². The van der Waals surface area contributed by atoms with Gasteiger partial charge in [-0.25, -0.2) is 4.98 Å². The number of anilines is 1. The predicted molar refractivity (Wildman–Crippen MR) is 124 cm³/mol. The number of carbonyl (C=O) groups excluding carboxylic acids is 1. The molecule has 3 aromatic heterocycles. The van der Waals surface area contributed by atoms with Gasteiger partial charge in [0, 0.05) is 21.7 Å². The summed E-state index contributed by atoms with van der Waals surface area (Å²) in [7, 11) is 1.68. The molecule has 0 fully saturated rings. The Balaban J connectivity index is 1.81. The molecule has 4 N–H and O–H groups in total. The first-order valence-corrected chi connectivity index (χ1v) is 11.5. The van der Waals surface area contributed by atoms with Crippen LogP contribution in [0.15, 0.2) is 41.8 Å². The first-order chi connectivity index (χ1) is 14.6. The number of benzene rings is 1. The number of ether oxygens (including phenoxy) is 1. The van der Waals surface area contributed by atoms with Crippen molar-refractivity contribution in [2.75, 3.05) is 12.8 Å². The van der Waals surface area contributed by atoms with Crippen LogP contribution in [0, 0.1) is 0 Å². The van der Waals surface area contributed by atoms with E-state index >= 15 is 0 Å². The SMILES string of the molecule is COc1cccc(C2CCCc3c2nc2sc(C(N)=O)c(N)c2c3-c2cccs2)c1. The Morgan fingerprint density at radius 2 is 2.13 bits per heavy atom. The first kappa shape index (κ1) is 19.1. The molecular formula is C23H21N3O2S2. The molecule has 5 nitrogen and oxygen atoms in total. The number of pyridine rings is 1. The lowest BCUT2D eigenvalue weighted by Gasteiger charge is -2.27. The van der Waals surface area contributed by atoms with Crippen molar-refractivity contribution in [2.24, 2.45) is 5.73 Å². The number of methoxy groups -OCH3 is 1. The fourth-order valence-electron chi connectivity index (χ4n) is 4.43. The van der Waals surface area contributed by atoms with E-state index in [9.17, 15) is 4.79 Å². The second kappa shape index (κ2) is 7.41. The predicted octanol–water partition coefficient (Wildman–Crippen LogP) is 5.18. The van der Waals surface area contributed by atoms with Crippen LogP contribution in [0.3, 0.4) is 0 Å². The van der Waals surface area contributed by atoms with Gasteiger partial charge < -0.3 is 16.2 Å². The van der Waals surface area contributed by atoms with Gasteiger partial charge in [-0.15, -0.1) is 22.7 Å². The number of nitrogen functional groups attached to an aromatic ring is 1. The normalized spacial score (nSPS) is 15.8. The first-order valence-electron chi connectivity index (χ1n) is 9.80. The number of aromatic nitrogens is 1. The van der Waals surface area contributed by atoms with Crippen LogP contribution in [0.2, 0.25) is 0 Å². The van der Waals surface area contributed by atoms with Gasteiger partial charge in [-0.1, -0.05) is 18.2 Å². The van der Waals surface area contributed by atoms with Gasteiger partial charge in [0.15, 0.2) is 0 Å². The largest absolute Gasteiger partial charge is 0.497 e. The van der Waals surface area contributed by atoms with Gasteiger partial charge in [0.05, 0.1) is 18.5 Å². The summed E-state index contributed by atoms with van der Waals surface area (Å²) in [6, 6.07) is 12.4. The van der Waals surface area contributed by atoms with Crippen molar-refractivity contribution in [1.29, 1.82) is 0 Å². The Labute approximate surface area is 182 Å². The minimum Gasteiger partial charge on any atom is -0.497 e. The maximum atomic E-state index is 12.0. The van der Waals surface area contributed by atoms with Crippen LogP contribution in [0.1, 0.15) is 45.3 Å². The number of hydrogen-bond acceptors (Lipinski definition) is 6. The lowest BCUT2D eigenvalue weighted by molar-refractivity contribution is 0.100. The highest BCUT2D eigenvalue weighted by molar-refractivity contribution is 7.21. The molecule has 5 rings (SSSR count). The zero-order valence-corrected chi connectivity index (χ0v) is 18.1. The van der Waals surface area contributed by atoms with Gasteiger partial charge in [0.1, 0.15) is 15.5 Å². The third-order valence-electron chi connectivity index (χ3n) is 5.75.